The first-order valence-corrected chi connectivity index (χ1v) is 8.45. The zero-order valence-electron chi connectivity index (χ0n) is 13.1. The first-order valence-electron chi connectivity index (χ1n) is 8.45. The molecule has 0 spiro atoms. The van der Waals surface area contributed by atoms with Crippen LogP contribution in [0, 0.1) is 11.8 Å². The van der Waals surface area contributed by atoms with Gasteiger partial charge in [0.25, 0.3) is 5.91 Å². The maximum atomic E-state index is 12.0. The summed E-state index contributed by atoms with van der Waals surface area (Å²) in [5.41, 5.74) is 2.00. The lowest BCUT2D eigenvalue weighted by Gasteiger charge is -2.31. The molecule has 0 unspecified atom stereocenters. The zero-order chi connectivity index (χ0) is 15.4. The van der Waals surface area contributed by atoms with Gasteiger partial charge < -0.3 is 10.4 Å². The van der Waals surface area contributed by atoms with E-state index < -0.39 is 0 Å². The number of nitrogens with zero attached hydrogens (tertiary/aromatic N) is 1. The average molecular weight is 302 g/mol. The van der Waals surface area contributed by atoms with Crippen molar-refractivity contribution in [3.63, 3.8) is 0 Å². The van der Waals surface area contributed by atoms with Gasteiger partial charge in [-0.2, -0.15) is 0 Å². The van der Waals surface area contributed by atoms with Gasteiger partial charge in [0, 0.05) is 25.3 Å². The van der Waals surface area contributed by atoms with E-state index in [-0.39, 0.29) is 5.91 Å². The predicted octanol–water partition coefficient (Wildman–Crippen LogP) is 2.03. The van der Waals surface area contributed by atoms with E-state index in [4.69, 9.17) is 0 Å². The van der Waals surface area contributed by atoms with E-state index in [9.17, 15) is 9.90 Å². The number of rotatable bonds is 6. The van der Waals surface area contributed by atoms with Crippen LogP contribution in [0.2, 0.25) is 0 Å². The quantitative estimate of drug-likeness (QED) is 0.845. The topological polar surface area (TPSA) is 52.6 Å². The molecule has 1 saturated heterocycles. The normalized spacial score (nSPS) is 20.0. The van der Waals surface area contributed by atoms with Crippen molar-refractivity contribution in [3.05, 3.63) is 35.4 Å². The number of amides is 1. The van der Waals surface area contributed by atoms with Gasteiger partial charge in [-0.3, -0.25) is 9.69 Å². The van der Waals surface area contributed by atoms with Crippen LogP contribution < -0.4 is 5.32 Å². The van der Waals surface area contributed by atoms with Gasteiger partial charge in [0.05, 0.1) is 0 Å². The lowest BCUT2D eigenvalue weighted by Crippen LogP contribution is -2.34. The Balaban J connectivity index is 1.47. The number of piperidine rings is 1. The van der Waals surface area contributed by atoms with Crippen molar-refractivity contribution >= 4 is 5.91 Å². The number of hydrogen-bond donors (Lipinski definition) is 2. The molecule has 2 aliphatic rings. The number of aliphatic hydroxyl groups is 1. The highest BCUT2D eigenvalue weighted by Crippen LogP contribution is 2.27. The van der Waals surface area contributed by atoms with E-state index in [0.717, 1.165) is 44.6 Å². The van der Waals surface area contributed by atoms with Crippen LogP contribution in [0.3, 0.4) is 0 Å². The molecule has 0 aromatic heterocycles. The highest BCUT2D eigenvalue weighted by molar-refractivity contribution is 5.94. The fourth-order valence-corrected chi connectivity index (χ4v) is 3.01. The number of hydrogen-bond acceptors (Lipinski definition) is 3. The Morgan fingerprint density at radius 2 is 1.77 bits per heavy atom. The van der Waals surface area contributed by atoms with Gasteiger partial charge in [0.1, 0.15) is 0 Å². The molecule has 0 atom stereocenters. The van der Waals surface area contributed by atoms with Crippen molar-refractivity contribution in [2.24, 2.45) is 11.8 Å². The molecule has 1 amide bonds. The summed E-state index contributed by atoms with van der Waals surface area (Å²) in [6.07, 6.45) is 4.68. The Hall–Kier alpha value is -1.39. The van der Waals surface area contributed by atoms with Crippen molar-refractivity contribution < 1.29 is 9.90 Å². The molecule has 2 fully saturated rings. The van der Waals surface area contributed by atoms with E-state index >= 15 is 0 Å². The molecule has 0 radical (unpaired) electrons. The van der Waals surface area contributed by atoms with Gasteiger partial charge in [-0.25, -0.2) is 0 Å². The Bertz CT molecular complexity index is 488. The third-order valence-corrected chi connectivity index (χ3v) is 4.84. The van der Waals surface area contributed by atoms with Crippen LogP contribution >= 0.6 is 0 Å². The predicted molar refractivity (Wildman–Crippen MR) is 86.6 cm³/mol. The van der Waals surface area contributed by atoms with E-state index in [2.05, 4.69) is 22.3 Å². The lowest BCUT2D eigenvalue weighted by molar-refractivity contribution is 0.0952. The van der Waals surface area contributed by atoms with Crippen LogP contribution in [0.15, 0.2) is 24.3 Å². The maximum Gasteiger partial charge on any atom is 0.251 e. The molecule has 120 valence electrons. The fourth-order valence-electron chi connectivity index (χ4n) is 3.01. The molecule has 0 bridgehead atoms. The van der Waals surface area contributed by atoms with E-state index in [1.807, 2.05) is 12.1 Å². The highest BCUT2D eigenvalue weighted by Gasteiger charge is 2.22. The summed E-state index contributed by atoms with van der Waals surface area (Å²) in [7, 11) is 0. The number of nitrogens with one attached hydrogen (secondary N) is 1. The number of aliphatic hydroxyl groups excluding tert-OH is 1. The molecular weight excluding hydrogens is 276 g/mol. The minimum absolute atomic E-state index is 0.0437. The molecule has 1 aromatic rings. The summed E-state index contributed by atoms with van der Waals surface area (Å²) in [4.78, 5) is 14.4. The van der Waals surface area contributed by atoms with Gasteiger partial charge in [-0.15, -0.1) is 0 Å². The second-order valence-corrected chi connectivity index (χ2v) is 6.75. The largest absolute Gasteiger partial charge is 0.396 e. The minimum Gasteiger partial charge on any atom is -0.396 e. The first kappa shape index (κ1) is 15.5. The van der Waals surface area contributed by atoms with Crippen molar-refractivity contribution in [2.75, 3.05) is 26.2 Å². The van der Waals surface area contributed by atoms with Gasteiger partial charge in [0.2, 0.25) is 0 Å². The van der Waals surface area contributed by atoms with Crippen LogP contribution in [0.5, 0.6) is 0 Å². The molecule has 1 aromatic carbocycles. The molecule has 1 aliphatic heterocycles. The third kappa shape index (κ3) is 4.31. The zero-order valence-corrected chi connectivity index (χ0v) is 13.1. The molecule has 3 rings (SSSR count). The van der Waals surface area contributed by atoms with Gasteiger partial charge >= 0.3 is 0 Å². The van der Waals surface area contributed by atoms with E-state index in [1.165, 1.54) is 18.4 Å². The number of carbonyl (C=O) groups is 1. The van der Waals surface area contributed by atoms with Gasteiger partial charge in [-0.1, -0.05) is 12.1 Å². The molecule has 1 heterocycles. The van der Waals surface area contributed by atoms with Crippen LogP contribution in [0.1, 0.15) is 41.6 Å². The monoisotopic (exact) mass is 302 g/mol. The second kappa shape index (κ2) is 7.25. The molecule has 1 aliphatic carbocycles. The first-order chi connectivity index (χ1) is 10.7. The standard InChI is InChI=1S/C18H26N2O2/c21-13-16-7-9-20(10-8-16)12-15-3-5-17(6-4-15)18(22)19-11-14-1-2-14/h3-6,14,16,21H,1-2,7-13H2,(H,19,22). The molecule has 4 heteroatoms. The Labute approximate surface area is 132 Å². The maximum absolute atomic E-state index is 12.0. The molecule has 2 N–H and O–H groups in total. The van der Waals surface area contributed by atoms with Crippen molar-refractivity contribution in [1.29, 1.82) is 0 Å². The third-order valence-electron chi connectivity index (χ3n) is 4.84. The van der Waals surface area contributed by atoms with Crippen LogP contribution in [0.4, 0.5) is 0 Å². The van der Waals surface area contributed by atoms with Crippen LogP contribution in [-0.4, -0.2) is 42.2 Å². The van der Waals surface area contributed by atoms with Crippen molar-refractivity contribution in [1.82, 2.24) is 10.2 Å². The van der Waals surface area contributed by atoms with E-state index in [1.54, 1.807) is 0 Å². The van der Waals surface area contributed by atoms with Crippen molar-refractivity contribution in [3.8, 4) is 0 Å². The Morgan fingerprint density at radius 1 is 1.09 bits per heavy atom. The van der Waals surface area contributed by atoms with Crippen LogP contribution in [0.25, 0.3) is 0 Å². The molecule has 4 nitrogen and oxygen atoms in total. The fraction of sp³-hybridized carbons (Fsp3) is 0.611. The molecule has 1 saturated carbocycles. The summed E-state index contributed by atoms with van der Waals surface area (Å²) in [6, 6.07) is 7.98. The second-order valence-electron chi connectivity index (χ2n) is 6.75. The molecule has 22 heavy (non-hydrogen) atoms. The van der Waals surface area contributed by atoms with E-state index in [0.29, 0.717) is 18.4 Å². The van der Waals surface area contributed by atoms with Gasteiger partial charge in [0.15, 0.2) is 0 Å². The smallest absolute Gasteiger partial charge is 0.251 e. The summed E-state index contributed by atoms with van der Waals surface area (Å²) in [5, 5.41) is 12.2. The Kier molecular flexibility index (Phi) is 5.11. The van der Waals surface area contributed by atoms with Gasteiger partial charge in [-0.05, 0) is 68.3 Å². The average Bonchev–Trinajstić information content (AvgIpc) is 3.38. The van der Waals surface area contributed by atoms with Crippen LogP contribution in [-0.2, 0) is 6.54 Å². The SMILES string of the molecule is O=C(NCC1CC1)c1ccc(CN2CCC(CO)CC2)cc1. The summed E-state index contributed by atoms with van der Waals surface area (Å²) in [6.45, 7) is 4.17. The summed E-state index contributed by atoms with van der Waals surface area (Å²) >= 11 is 0. The minimum atomic E-state index is 0.0437. The molecular formula is C18H26N2O2. The lowest BCUT2D eigenvalue weighted by atomic mass is 9.97. The number of benzene rings is 1. The Morgan fingerprint density at radius 3 is 2.36 bits per heavy atom. The summed E-state index contributed by atoms with van der Waals surface area (Å²) in [5.74, 6) is 1.24. The number of carbonyl (C=O) groups excluding carboxylic acids is 1. The van der Waals surface area contributed by atoms with Crippen molar-refractivity contribution in [2.45, 2.75) is 32.2 Å². The summed E-state index contributed by atoms with van der Waals surface area (Å²) < 4.78 is 0. The number of likely N-dealkylation sites (tertiary alicyclic amines) is 1. The highest BCUT2D eigenvalue weighted by atomic mass is 16.3.